The number of aromatic nitrogens is 2. The normalized spacial score (nSPS) is 12.1. The van der Waals surface area contributed by atoms with Crippen LogP contribution in [-0.4, -0.2) is 15.1 Å². The molecule has 0 atom stereocenters. The van der Waals surface area contributed by atoms with Crippen LogP contribution < -0.4 is 10.1 Å². The van der Waals surface area contributed by atoms with Crippen LogP contribution in [0.5, 0.6) is 11.6 Å². The molecule has 5 nitrogen and oxygen atoms in total. The van der Waals surface area contributed by atoms with Crippen LogP contribution in [0.15, 0.2) is 30.6 Å². The van der Waals surface area contributed by atoms with Gasteiger partial charge in [0.2, 0.25) is 0 Å². The van der Waals surface area contributed by atoms with E-state index in [0.29, 0.717) is 17.4 Å². The van der Waals surface area contributed by atoms with Crippen LogP contribution in [0, 0.1) is 0 Å². The van der Waals surface area contributed by atoms with E-state index in [2.05, 4.69) is 15.3 Å². The third-order valence-corrected chi connectivity index (χ3v) is 2.35. The van der Waals surface area contributed by atoms with Gasteiger partial charge in [-0.2, -0.15) is 0 Å². The zero-order valence-electron chi connectivity index (χ0n) is 8.34. The zero-order chi connectivity index (χ0) is 11.0. The molecule has 0 spiro atoms. The maximum Gasteiger partial charge on any atom is 0.263 e. The largest absolute Gasteiger partial charge is 0.434 e. The molecule has 0 unspecified atom stereocenters. The average molecular weight is 215 g/mol. The van der Waals surface area contributed by atoms with Crippen LogP contribution in [0.4, 0.5) is 11.5 Å². The Morgan fingerprint density at radius 2 is 2.12 bits per heavy atom. The van der Waals surface area contributed by atoms with E-state index in [0.717, 1.165) is 11.3 Å². The van der Waals surface area contributed by atoms with Crippen molar-refractivity contribution in [1.82, 2.24) is 9.97 Å². The lowest BCUT2D eigenvalue weighted by Crippen LogP contribution is -2.06. The highest BCUT2D eigenvalue weighted by atomic mass is 16.5. The summed E-state index contributed by atoms with van der Waals surface area (Å²) in [5.41, 5.74) is 1.61. The molecule has 0 saturated carbocycles. The van der Waals surface area contributed by atoms with E-state index in [9.17, 15) is 0 Å². The summed E-state index contributed by atoms with van der Waals surface area (Å²) in [4.78, 5) is 8.18. The highest BCUT2D eigenvalue weighted by Crippen LogP contribution is 2.39. The van der Waals surface area contributed by atoms with Gasteiger partial charge in [0.15, 0.2) is 11.6 Å². The van der Waals surface area contributed by atoms with Gasteiger partial charge in [0.05, 0.1) is 12.3 Å². The third-order valence-electron chi connectivity index (χ3n) is 2.35. The third kappa shape index (κ3) is 1.38. The molecule has 2 aromatic rings. The van der Waals surface area contributed by atoms with Crippen LogP contribution >= 0.6 is 0 Å². The van der Waals surface area contributed by atoms with Crippen LogP contribution in [-0.2, 0) is 6.61 Å². The predicted molar refractivity (Wildman–Crippen MR) is 57.8 cm³/mol. The van der Waals surface area contributed by atoms with Crippen molar-refractivity contribution in [3.05, 3.63) is 36.2 Å². The number of anilines is 2. The molecule has 0 aliphatic carbocycles. The Hall–Kier alpha value is -2.14. The molecule has 0 bridgehead atoms. The number of fused-ring (bicyclic) bond motifs is 2. The van der Waals surface area contributed by atoms with Gasteiger partial charge in [-0.25, -0.2) is 9.97 Å². The fourth-order valence-electron chi connectivity index (χ4n) is 1.58. The standard InChI is InChI=1S/C11H9N3O2/c15-6-7-1-2-9-8(5-7)14-10-11(16-9)13-4-3-12-10/h1-5,15H,6H2,(H,12,14). The first-order chi connectivity index (χ1) is 7.86. The van der Waals surface area contributed by atoms with E-state index >= 15 is 0 Å². The van der Waals surface area contributed by atoms with Crippen LogP contribution in [0.3, 0.4) is 0 Å². The molecule has 2 heterocycles. The van der Waals surface area contributed by atoms with Crippen molar-refractivity contribution < 1.29 is 9.84 Å². The molecule has 0 radical (unpaired) electrons. The number of nitrogens with zero attached hydrogens (tertiary/aromatic N) is 2. The van der Waals surface area contributed by atoms with Gasteiger partial charge in [-0.1, -0.05) is 6.07 Å². The Kier molecular flexibility index (Phi) is 1.97. The number of hydrogen-bond acceptors (Lipinski definition) is 5. The smallest absolute Gasteiger partial charge is 0.263 e. The second kappa shape index (κ2) is 3.46. The molecule has 1 aliphatic rings. The fourth-order valence-corrected chi connectivity index (χ4v) is 1.58. The topological polar surface area (TPSA) is 67.3 Å². The molecule has 80 valence electrons. The number of rotatable bonds is 1. The molecule has 2 N–H and O–H groups in total. The molecule has 16 heavy (non-hydrogen) atoms. The van der Waals surface area contributed by atoms with Gasteiger partial charge in [-0.15, -0.1) is 0 Å². The van der Waals surface area contributed by atoms with E-state index in [1.165, 1.54) is 0 Å². The van der Waals surface area contributed by atoms with E-state index in [4.69, 9.17) is 9.84 Å². The lowest BCUT2D eigenvalue weighted by atomic mass is 10.2. The maximum absolute atomic E-state index is 9.04. The molecule has 0 fully saturated rings. The summed E-state index contributed by atoms with van der Waals surface area (Å²) in [6.45, 7) is 0.00227. The predicted octanol–water partition coefficient (Wildman–Crippen LogP) is 1.82. The van der Waals surface area contributed by atoms with Gasteiger partial charge in [-0.05, 0) is 17.7 Å². The van der Waals surface area contributed by atoms with Crippen molar-refractivity contribution in [2.24, 2.45) is 0 Å². The Morgan fingerprint density at radius 3 is 3.00 bits per heavy atom. The summed E-state index contributed by atoms with van der Waals surface area (Å²) in [6.07, 6.45) is 3.17. The summed E-state index contributed by atoms with van der Waals surface area (Å²) >= 11 is 0. The van der Waals surface area contributed by atoms with Crippen molar-refractivity contribution >= 4 is 11.5 Å². The monoisotopic (exact) mass is 215 g/mol. The first-order valence-corrected chi connectivity index (χ1v) is 4.86. The van der Waals surface area contributed by atoms with Gasteiger partial charge in [0, 0.05) is 12.4 Å². The highest BCUT2D eigenvalue weighted by Gasteiger charge is 2.18. The first-order valence-electron chi connectivity index (χ1n) is 4.86. The lowest BCUT2D eigenvalue weighted by molar-refractivity contribution is 0.282. The molecule has 0 amide bonds. The van der Waals surface area contributed by atoms with Crippen LogP contribution in [0.25, 0.3) is 0 Å². The van der Waals surface area contributed by atoms with Crippen molar-refractivity contribution in [3.63, 3.8) is 0 Å². The minimum absolute atomic E-state index is 0.00227. The lowest BCUT2D eigenvalue weighted by Gasteiger charge is -2.19. The number of aliphatic hydroxyl groups is 1. The number of benzene rings is 1. The zero-order valence-corrected chi connectivity index (χ0v) is 8.34. The summed E-state index contributed by atoms with van der Waals surface area (Å²) in [6, 6.07) is 5.43. The summed E-state index contributed by atoms with van der Waals surface area (Å²) in [5, 5.41) is 12.1. The molecular formula is C11H9N3O2. The second-order valence-corrected chi connectivity index (χ2v) is 3.43. The van der Waals surface area contributed by atoms with E-state index in [-0.39, 0.29) is 6.61 Å². The number of nitrogens with one attached hydrogen (secondary N) is 1. The van der Waals surface area contributed by atoms with Crippen LogP contribution in [0.2, 0.25) is 0 Å². The molecule has 5 heteroatoms. The van der Waals surface area contributed by atoms with E-state index < -0.39 is 0 Å². The molecular weight excluding hydrogens is 206 g/mol. The minimum atomic E-state index is 0.00227. The highest BCUT2D eigenvalue weighted by molar-refractivity contribution is 5.71. The number of ether oxygens (including phenoxy) is 1. The SMILES string of the molecule is OCc1ccc2c(c1)Nc1nccnc1O2. The molecule has 3 rings (SSSR count). The first kappa shape index (κ1) is 9.11. The second-order valence-electron chi connectivity index (χ2n) is 3.43. The van der Waals surface area contributed by atoms with Crippen molar-refractivity contribution in [3.8, 4) is 11.6 Å². The van der Waals surface area contributed by atoms with E-state index in [1.54, 1.807) is 18.5 Å². The Balaban J connectivity index is 2.05. The van der Waals surface area contributed by atoms with Gasteiger partial charge >= 0.3 is 0 Å². The molecule has 1 aromatic carbocycles. The van der Waals surface area contributed by atoms with Gasteiger partial charge in [0.25, 0.3) is 5.88 Å². The maximum atomic E-state index is 9.04. The minimum Gasteiger partial charge on any atom is -0.434 e. The van der Waals surface area contributed by atoms with Crippen molar-refractivity contribution in [1.29, 1.82) is 0 Å². The Morgan fingerprint density at radius 1 is 1.25 bits per heavy atom. The molecule has 1 aliphatic heterocycles. The summed E-state index contributed by atoms with van der Waals surface area (Å²) in [5.74, 6) is 1.74. The number of aliphatic hydroxyl groups excluding tert-OH is 1. The van der Waals surface area contributed by atoms with Crippen molar-refractivity contribution in [2.75, 3.05) is 5.32 Å². The van der Waals surface area contributed by atoms with Crippen LogP contribution in [0.1, 0.15) is 5.56 Å². The Bertz CT molecular complexity index is 543. The molecule has 1 aromatic heterocycles. The van der Waals surface area contributed by atoms with Gasteiger partial charge in [-0.3, -0.25) is 0 Å². The van der Waals surface area contributed by atoms with E-state index in [1.807, 2.05) is 12.1 Å². The average Bonchev–Trinajstić information content (AvgIpc) is 2.35. The summed E-state index contributed by atoms with van der Waals surface area (Å²) in [7, 11) is 0. The van der Waals surface area contributed by atoms with Gasteiger partial charge < -0.3 is 15.2 Å². The Labute approximate surface area is 91.7 Å². The fraction of sp³-hybridized carbons (Fsp3) is 0.0909. The molecule has 0 saturated heterocycles. The van der Waals surface area contributed by atoms with Gasteiger partial charge in [0.1, 0.15) is 0 Å². The quantitative estimate of drug-likeness (QED) is 0.648. The summed E-state index contributed by atoms with van der Waals surface area (Å²) < 4.78 is 5.56. The van der Waals surface area contributed by atoms with Crippen molar-refractivity contribution in [2.45, 2.75) is 6.61 Å². The number of hydrogen-bond donors (Lipinski definition) is 2.